The molecule has 2 rings (SSSR count). The number of alkyl halides is 1. The van der Waals surface area contributed by atoms with E-state index in [-0.39, 0.29) is 10.8 Å². The van der Waals surface area contributed by atoms with Crippen molar-refractivity contribution in [2.75, 3.05) is 0 Å². The third kappa shape index (κ3) is 2.70. The highest BCUT2D eigenvalue weighted by Gasteiger charge is 2.26. The predicted molar refractivity (Wildman–Crippen MR) is 81.4 cm³/mol. The molecule has 0 N–H and O–H groups in total. The molecule has 0 amide bonds. The quantitative estimate of drug-likeness (QED) is 0.644. The molecule has 2 aromatic rings. The summed E-state index contributed by atoms with van der Waals surface area (Å²) in [5.41, 5.74) is 1.54. The minimum Gasteiger partial charge on any atom is -0.122 e. The Hall–Kier alpha value is -1.01. The number of halogens is 1. The van der Waals surface area contributed by atoms with Gasteiger partial charge in [-0.15, -0.1) is 11.6 Å². The van der Waals surface area contributed by atoms with E-state index in [1.54, 1.807) is 0 Å². The normalized spacial score (nSPS) is 13.8. The standard InChI is InChI=1S/C17H21Cl/c1-4-17(2,3)16(18)12-14-10-7-9-13-8-5-6-11-15(13)14/h5-11,16H,4,12H2,1-3H3. The molecule has 0 aromatic heterocycles. The largest absolute Gasteiger partial charge is 0.122 e. The van der Waals surface area contributed by atoms with E-state index >= 15 is 0 Å². The fraction of sp³-hybridized carbons (Fsp3) is 0.412. The summed E-state index contributed by atoms with van der Waals surface area (Å²) in [4.78, 5) is 0. The Bertz CT molecular complexity index is 523. The summed E-state index contributed by atoms with van der Waals surface area (Å²) in [6.07, 6.45) is 2.04. The second kappa shape index (κ2) is 5.32. The minimum atomic E-state index is 0.174. The first-order valence-corrected chi connectivity index (χ1v) is 7.09. The maximum atomic E-state index is 6.61. The Balaban J connectivity index is 2.32. The average molecular weight is 261 g/mol. The molecule has 96 valence electrons. The van der Waals surface area contributed by atoms with Crippen molar-refractivity contribution in [1.82, 2.24) is 0 Å². The topological polar surface area (TPSA) is 0 Å². The van der Waals surface area contributed by atoms with Gasteiger partial charge in [0.15, 0.2) is 0 Å². The zero-order chi connectivity index (χ0) is 13.2. The minimum absolute atomic E-state index is 0.174. The number of rotatable bonds is 4. The van der Waals surface area contributed by atoms with Gasteiger partial charge in [0.2, 0.25) is 0 Å². The zero-order valence-electron chi connectivity index (χ0n) is 11.4. The predicted octanol–water partition coefficient (Wildman–Crippen LogP) is 5.43. The summed E-state index contributed by atoms with van der Waals surface area (Å²) in [5.74, 6) is 0. The summed E-state index contributed by atoms with van der Waals surface area (Å²) in [6.45, 7) is 6.70. The number of benzene rings is 2. The molecule has 0 spiro atoms. The molecular formula is C17H21Cl. The van der Waals surface area contributed by atoms with Gasteiger partial charge in [0.05, 0.1) is 0 Å². The van der Waals surface area contributed by atoms with E-state index in [0.29, 0.717) is 0 Å². The van der Waals surface area contributed by atoms with E-state index in [1.165, 1.54) is 16.3 Å². The van der Waals surface area contributed by atoms with E-state index < -0.39 is 0 Å². The molecule has 0 heterocycles. The summed E-state index contributed by atoms with van der Waals surface area (Å²) in [5, 5.41) is 2.80. The number of hydrogen-bond donors (Lipinski definition) is 0. The van der Waals surface area contributed by atoms with Gasteiger partial charge in [-0.2, -0.15) is 0 Å². The van der Waals surface area contributed by atoms with Gasteiger partial charge < -0.3 is 0 Å². The van der Waals surface area contributed by atoms with E-state index in [4.69, 9.17) is 11.6 Å². The van der Waals surface area contributed by atoms with E-state index in [9.17, 15) is 0 Å². The zero-order valence-corrected chi connectivity index (χ0v) is 12.2. The van der Waals surface area contributed by atoms with Crippen LogP contribution in [-0.4, -0.2) is 5.38 Å². The molecule has 1 unspecified atom stereocenters. The maximum absolute atomic E-state index is 6.61. The molecule has 0 aliphatic heterocycles. The molecule has 18 heavy (non-hydrogen) atoms. The number of fused-ring (bicyclic) bond motifs is 1. The van der Waals surface area contributed by atoms with Crippen molar-refractivity contribution in [2.24, 2.45) is 5.41 Å². The smallest absolute Gasteiger partial charge is 0.0427 e. The second-order valence-corrected chi connectivity index (χ2v) is 6.18. The lowest BCUT2D eigenvalue weighted by Crippen LogP contribution is -2.25. The van der Waals surface area contributed by atoms with Crippen molar-refractivity contribution in [1.29, 1.82) is 0 Å². The highest BCUT2D eigenvalue weighted by atomic mass is 35.5. The lowest BCUT2D eigenvalue weighted by Gasteiger charge is -2.29. The molecule has 0 saturated carbocycles. The lowest BCUT2D eigenvalue weighted by molar-refractivity contribution is 0.330. The van der Waals surface area contributed by atoms with Crippen LogP contribution in [0.4, 0.5) is 0 Å². The SMILES string of the molecule is CCC(C)(C)C(Cl)Cc1cccc2ccccc12. The van der Waals surface area contributed by atoms with Crippen molar-refractivity contribution in [2.45, 2.75) is 39.0 Å². The van der Waals surface area contributed by atoms with Crippen LogP contribution in [-0.2, 0) is 6.42 Å². The first-order valence-electron chi connectivity index (χ1n) is 6.65. The summed E-state index contributed by atoms with van der Waals surface area (Å²) in [6, 6.07) is 15.0. The van der Waals surface area contributed by atoms with Crippen molar-refractivity contribution in [3.8, 4) is 0 Å². The van der Waals surface area contributed by atoms with Crippen LogP contribution in [0.15, 0.2) is 42.5 Å². The van der Waals surface area contributed by atoms with Gasteiger partial charge in [-0.25, -0.2) is 0 Å². The molecule has 2 aromatic carbocycles. The van der Waals surface area contributed by atoms with Crippen molar-refractivity contribution < 1.29 is 0 Å². The van der Waals surface area contributed by atoms with Gasteiger partial charge in [0.25, 0.3) is 0 Å². The van der Waals surface area contributed by atoms with Crippen molar-refractivity contribution in [3.05, 3.63) is 48.0 Å². The monoisotopic (exact) mass is 260 g/mol. The van der Waals surface area contributed by atoms with Gasteiger partial charge in [-0.1, -0.05) is 63.2 Å². The molecule has 0 radical (unpaired) electrons. The Morgan fingerprint density at radius 1 is 1.06 bits per heavy atom. The molecule has 1 heteroatoms. The van der Waals surface area contributed by atoms with Gasteiger partial charge in [-0.05, 0) is 34.6 Å². The van der Waals surface area contributed by atoms with E-state index in [1.807, 2.05) is 0 Å². The molecule has 0 aliphatic carbocycles. The molecule has 0 fully saturated rings. The van der Waals surface area contributed by atoms with Gasteiger partial charge in [0, 0.05) is 5.38 Å². The Labute approximate surface area is 115 Å². The molecule has 0 aliphatic rings. The molecule has 0 bridgehead atoms. The average Bonchev–Trinajstić information content (AvgIpc) is 2.39. The molecular weight excluding hydrogens is 240 g/mol. The Morgan fingerprint density at radius 3 is 2.44 bits per heavy atom. The van der Waals surface area contributed by atoms with Gasteiger partial charge >= 0.3 is 0 Å². The van der Waals surface area contributed by atoms with Crippen LogP contribution in [0, 0.1) is 5.41 Å². The van der Waals surface area contributed by atoms with Crippen LogP contribution < -0.4 is 0 Å². The molecule has 0 nitrogen and oxygen atoms in total. The fourth-order valence-electron chi connectivity index (χ4n) is 2.16. The lowest BCUT2D eigenvalue weighted by atomic mass is 9.82. The van der Waals surface area contributed by atoms with Gasteiger partial charge in [-0.3, -0.25) is 0 Å². The molecule has 0 saturated heterocycles. The first-order chi connectivity index (χ1) is 8.54. The third-order valence-electron chi connectivity index (χ3n) is 4.04. The second-order valence-electron chi connectivity index (χ2n) is 5.65. The van der Waals surface area contributed by atoms with Crippen LogP contribution in [0.5, 0.6) is 0 Å². The Morgan fingerprint density at radius 2 is 1.72 bits per heavy atom. The summed E-state index contributed by atoms with van der Waals surface area (Å²) >= 11 is 6.61. The van der Waals surface area contributed by atoms with Crippen molar-refractivity contribution in [3.63, 3.8) is 0 Å². The highest BCUT2D eigenvalue weighted by molar-refractivity contribution is 6.21. The van der Waals surface area contributed by atoms with E-state index in [0.717, 1.165) is 12.8 Å². The Kier molecular flexibility index (Phi) is 3.97. The van der Waals surface area contributed by atoms with E-state index in [2.05, 4.69) is 63.2 Å². The first kappa shape index (κ1) is 13.4. The maximum Gasteiger partial charge on any atom is 0.0427 e. The van der Waals surface area contributed by atoms with Crippen LogP contribution in [0.25, 0.3) is 10.8 Å². The summed E-state index contributed by atoms with van der Waals surface area (Å²) < 4.78 is 0. The van der Waals surface area contributed by atoms with Crippen LogP contribution in [0.3, 0.4) is 0 Å². The number of hydrogen-bond acceptors (Lipinski definition) is 0. The highest BCUT2D eigenvalue weighted by Crippen LogP contribution is 2.33. The van der Waals surface area contributed by atoms with Crippen molar-refractivity contribution >= 4 is 22.4 Å². The van der Waals surface area contributed by atoms with Crippen LogP contribution in [0.2, 0.25) is 0 Å². The molecule has 1 atom stereocenters. The van der Waals surface area contributed by atoms with Crippen LogP contribution >= 0.6 is 11.6 Å². The van der Waals surface area contributed by atoms with Crippen LogP contribution in [0.1, 0.15) is 32.8 Å². The summed E-state index contributed by atoms with van der Waals surface area (Å²) in [7, 11) is 0. The fourth-order valence-corrected chi connectivity index (χ4v) is 2.48. The van der Waals surface area contributed by atoms with Gasteiger partial charge in [0.1, 0.15) is 0 Å². The third-order valence-corrected chi connectivity index (χ3v) is 4.78.